The van der Waals surface area contributed by atoms with Gasteiger partial charge in [-0.1, -0.05) is 0 Å². The predicted octanol–water partition coefficient (Wildman–Crippen LogP) is 3.31. The molecule has 0 amide bonds. The molecule has 0 radical (unpaired) electrons. The lowest BCUT2D eigenvalue weighted by molar-refractivity contribution is 0.283. The number of hydrogen-bond donors (Lipinski definition) is 1. The molecule has 0 unspecified atom stereocenters. The summed E-state index contributed by atoms with van der Waals surface area (Å²) in [6, 6.07) is 9.67. The summed E-state index contributed by atoms with van der Waals surface area (Å²) >= 11 is 0. The third kappa shape index (κ3) is 4.08. The van der Waals surface area contributed by atoms with E-state index in [4.69, 9.17) is 20.2 Å². The maximum absolute atomic E-state index is 6.09. The number of anilines is 1. The number of fused-ring (bicyclic) bond motifs is 1. The third-order valence-electron chi connectivity index (χ3n) is 4.06. The molecule has 0 fully saturated rings. The van der Waals surface area contributed by atoms with Crippen molar-refractivity contribution in [3.05, 3.63) is 42.7 Å². The number of rotatable bonds is 8. The van der Waals surface area contributed by atoms with Gasteiger partial charge in [0, 0.05) is 24.5 Å². The number of imidazole rings is 1. The van der Waals surface area contributed by atoms with Gasteiger partial charge < -0.3 is 24.5 Å². The van der Waals surface area contributed by atoms with E-state index in [1.165, 1.54) is 0 Å². The van der Waals surface area contributed by atoms with Gasteiger partial charge in [-0.25, -0.2) is 4.98 Å². The van der Waals surface area contributed by atoms with Crippen molar-refractivity contribution in [3.8, 4) is 22.8 Å². The Hall–Kier alpha value is -2.73. The maximum Gasteiger partial charge on any atom is 0.180 e. The first-order valence-electron chi connectivity index (χ1n) is 8.86. The highest BCUT2D eigenvalue weighted by molar-refractivity contribution is 5.71. The predicted molar refractivity (Wildman–Crippen MR) is 105 cm³/mol. The molecule has 0 aliphatic rings. The average molecular weight is 354 g/mol. The van der Waals surface area contributed by atoms with E-state index in [0.717, 1.165) is 35.6 Å². The second-order valence-electron chi connectivity index (χ2n) is 6.42. The third-order valence-corrected chi connectivity index (χ3v) is 4.06. The van der Waals surface area contributed by atoms with E-state index >= 15 is 0 Å². The van der Waals surface area contributed by atoms with Crippen LogP contribution in [0.25, 0.3) is 16.9 Å². The summed E-state index contributed by atoms with van der Waals surface area (Å²) in [5.74, 6) is 1.49. The van der Waals surface area contributed by atoms with E-state index in [1.54, 1.807) is 0 Å². The Labute approximate surface area is 154 Å². The Kier molecular flexibility index (Phi) is 5.63. The number of hydrogen-bond acceptors (Lipinski definition) is 5. The minimum atomic E-state index is 0.590. The van der Waals surface area contributed by atoms with E-state index in [1.807, 2.05) is 54.0 Å². The highest BCUT2D eigenvalue weighted by Gasteiger charge is 2.11. The van der Waals surface area contributed by atoms with Gasteiger partial charge in [-0.15, -0.1) is 0 Å². The average Bonchev–Trinajstić information content (AvgIpc) is 3.05. The van der Waals surface area contributed by atoms with E-state index in [9.17, 15) is 0 Å². The minimum Gasteiger partial charge on any atom is -0.492 e. The fourth-order valence-corrected chi connectivity index (χ4v) is 2.80. The summed E-state index contributed by atoms with van der Waals surface area (Å²) in [6.45, 7) is 4.19. The lowest BCUT2D eigenvalue weighted by Gasteiger charge is -2.10. The molecule has 0 aliphatic heterocycles. The van der Waals surface area contributed by atoms with Crippen molar-refractivity contribution in [2.24, 2.45) is 0 Å². The molecule has 2 N–H and O–H groups in total. The van der Waals surface area contributed by atoms with Gasteiger partial charge in [0.1, 0.15) is 5.75 Å². The van der Waals surface area contributed by atoms with Crippen LogP contribution in [-0.4, -0.2) is 48.1 Å². The van der Waals surface area contributed by atoms with Crippen LogP contribution in [0.1, 0.15) is 13.3 Å². The Balaban J connectivity index is 1.83. The molecule has 2 heterocycles. The number of aromatic nitrogens is 2. The zero-order chi connectivity index (χ0) is 18.5. The summed E-state index contributed by atoms with van der Waals surface area (Å²) in [5.41, 5.74) is 9.31. The van der Waals surface area contributed by atoms with E-state index < -0.39 is 0 Å². The monoisotopic (exact) mass is 354 g/mol. The SMILES string of the molecule is CCOc1ccc(-c2cn3cccc(OCCCN(C)C)c3n2)cc1N. The summed E-state index contributed by atoms with van der Waals surface area (Å²) in [5, 5.41) is 0. The van der Waals surface area contributed by atoms with Gasteiger partial charge in [-0.05, 0) is 57.8 Å². The quantitative estimate of drug-likeness (QED) is 0.497. The van der Waals surface area contributed by atoms with Crippen LogP contribution in [-0.2, 0) is 0 Å². The molecular formula is C20H26N4O2. The zero-order valence-electron chi connectivity index (χ0n) is 15.6. The molecule has 0 saturated carbocycles. The van der Waals surface area contributed by atoms with Crippen LogP contribution in [0.2, 0.25) is 0 Å². The number of benzene rings is 1. The Morgan fingerprint density at radius 2 is 2.00 bits per heavy atom. The number of ether oxygens (including phenoxy) is 2. The standard InChI is InChI=1S/C20H26N4O2/c1-4-25-18-9-8-15(13-16(18)21)17-14-24-11-5-7-19(20(24)22-17)26-12-6-10-23(2)3/h5,7-9,11,13-14H,4,6,10,12,21H2,1-3H3. The van der Waals surface area contributed by atoms with Gasteiger partial charge in [-0.2, -0.15) is 0 Å². The Bertz CT molecular complexity index is 873. The van der Waals surface area contributed by atoms with Crippen molar-refractivity contribution in [2.45, 2.75) is 13.3 Å². The second kappa shape index (κ2) is 8.10. The molecule has 6 nitrogen and oxygen atoms in total. The van der Waals surface area contributed by atoms with Crippen LogP contribution in [0.3, 0.4) is 0 Å². The van der Waals surface area contributed by atoms with Crippen molar-refractivity contribution in [1.29, 1.82) is 0 Å². The van der Waals surface area contributed by atoms with Gasteiger partial charge >= 0.3 is 0 Å². The molecule has 6 heteroatoms. The van der Waals surface area contributed by atoms with Crippen molar-refractivity contribution in [2.75, 3.05) is 39.6 Å². The van der Waals surface area contributed by atoms with E-state index in [-0.39, 0.29) is 0 Å². The molecule has 3 aromatic rings. The van der Waals surface area contributed by atoms with Crippen molar-refractivity contribution >= 4 is 11.3 Å². The molecule has 138 valence electrons. The second-order valence-corrected chi connectivity index (χ2v) is 6.42. The largest absolute Gasteiger partial charge is 0.492 e. The summed E-state index contributed by atoms with van der Waals surface area (Å²) in [6.07, 6.45) is 4.92. The van der Waals surface area contributed by atoms with Crippen molar-refractivity contribution in [1.82, 2.24) is 14.3 Å². The number of nitrogen functional groups attached to an aromatic ring is 1. The first-order valence-corrected chi connectivity index (χ1v) is 8.86. The topological polar surface area (TPSA) is 65.0 Å². The van der Waals surface area contributed by atoms with Gasteiger partial charge in [0.05, 0.1) is 24.6 Å². The fourth-order valence-electron chi connectivity index (χ4n) is 2.80. The van der Waals surface area contributed by atoms with Crippen LogP contribution in [0, 0.1) is 0 Å². The minimum absolute atomic E-state index is 0.590. The highest BCUT2D eigenvalue weighted by Crippen LogP contribution is 2.30. The molecule has 0 aliphatic carbocycles. The van der Waals surface area contributed by atoms with E-state index in [2.05, 4.69) is 19.0 Å². The number of pyridine rings is 1. The fraction of sp³-hybridized carbons (Fsp3) is 0.350. The van der Waals surface area contributed by atoms with Crippen LogP contribution in [0.5, 0.6) is 11.5 Å². The molecule has 0 bridgehead atoms. The zero-order valence-corrected chi connectivity index (χ0v) is 15.6. The molecule has 1 aromatic carbocycles. The lowest BCUT2D eigenvalue weighted by Crippen LogP contribution is -2.15. The van der Waals surface area contributed by atoms with Crippen LogP contribution in [0.15, 0.2) is 42.7 Å². The maximum atomic E-state index is 6.09. The van der Waals surface area contributed by atoms with Crippen molar-refractivity contribution < 1.29 is 9.47 Å². The molecule has 0 spiro atoms. The molecule has 2 aromatic heterocycles. The van der Waals surface area contributed by atoms with E-state index in [0.29, 0.717) is 24.7 Å². The summed E-state index contributed by atoms with van der Waals surface area (Å²) in [4.78, 5) is 6.89. The molecule has 3 rings (SSSR count). The molecule has 26 heavy (non-hydrogen) atoms. The Morgan fingerprint density at radius 3 is 2.73 bits per heavy atom. The first-order chi connectivity index (χ1) is 12.6. The van der Waals surface area contributed by atoms with Gasteiger partial charge in [-0.3, -0.25) is 0 Å². The molecule has 0 saturated heterocycles. The van der Waals surface area contributed by atoms with Gasteiger partial charge in [0.2, 0.25) is 0 Å². The van der Waals surface area contributed by atoms with Gasteiger partial charge in [0.25, 0.3) is 0 Å². The smallest absolute Gasteiger partial charge is 0.180 e. The van der Waals surface area contributed by atoms with Crippen molar-refractivity contribution in [3.63, 3.8) is 0 Å². The molecular weight excluding hydrogens is 328 g/mol. The lowest BCUT2D eigenvalue weighted by atomic mass is 10.1. The highest BCUT2D eigenvalue weighted by atomic mass is 16.5. The van der Waals surface area contributed by atoms with Crippen LogP contribution < -0.4 is 15.2 Å². The van der Waals surface area contributed by atoms with Crippen LogP contribution in [0.4, 0.5) is 5.69 Å². The normalized spacial score (nSPS) is 11.2. The molecule has 0 atom stereocenters. The first kappa shape index (κ1) is 18.1. The Morgan fingerprint density at radius 1 is 1.15 bits per heavy atom. The summed E-state index contributed by atoms with van der Waals surface area (Å²) in [7, 11) is 4.12. The summed E-state index contributed by atoms with van der Waals surface area (Å²) < 4.78 is 13.4. The number of nitrogens with two attached hydrogens (primary N) is 1. The van der Waals surface area contributed by atoms with Gasteiger partial charge in [0.15, 0.2) is 11.4 Å². The number of nitrogens with zero attached hydrogens (tertiary/aromatic N) is 3. The van der Waals surface area contributed by atoms with Crippen LogP contribution >= 0.6 is 0 Å².